The van der Waals surface area contributed by atoms with E-state index in [1.54, 1.807) is 12.1 Å². The summed E-state index contributed by atoms with van der Waals surface area (Å²) in [7, 11) is 1.47. The lowest BCUT2D eigenvalue weighted by Gasteiger charge is -2.15. The fourth-order valence-electron chi connectivity index (χ4n) is 2.97. The first-order valence-electron chi connectivity index (χ1n) is 8.81. The minimum atomic E-state index is -0.554. The van der Waals surface area contributed by atoms with Crippen molar-refractivity contribution in [1.82, 2.24) is 10.6 Å². The zero-order valence-electron chi connectivity index (χ0n) is 15.1. The highest BCUT2D eigenvalue weighted by Crippen LogP contribution is 2.29. The fourth-order valence-corrected chi connectivity index (χ4v) is 2.97. The van der Waals surface area contributed by atoms with Gasteiger partial charge >= 0.3 is 0 Å². The van der Waals surface area contributed by atoms with E-state index in [-0.39, 0.29) is 36.7 Å². The van der Waals surface area contributed by atoms with Crippen LogP contribution in [0.25, 0.3) is 0 Å². The molecular formula is C20H22F2N2O3. The van der Waals surface area contributed by atoms with Gasteiger partial charge in [0.25, 0.3) is 0 Å². The van der Waals surface area contributed by atoms with E-state index in [1.165, 1.54) is 31.4 Å². The number of hydrogen-bond donors (Lipinski definition) is 2. The van der Waals surface area contributed by atoms with E-state index >= 15 is 0 Å². The lowest BCUT2D eigenvalue weighted by atomic mass is 10.1. The maximum atomic E-state index is 14.4. The SMILES string of the molecule is COc1cc(OCc2ccc(F)cc2)c(F)cc1CNC(=O)C1CCCN1. The first-order chi connectivity index (χ1) is 13.1. The van der Waals surface area contributed by atoms with Gasteiger partial charge in [-0.05, 0) is 43.1 Å². The van der Waals surface area contributed by atoms with E-state index in [0.29, 0.717) is 11.3 Å². The van der Waals surface area contributed by atoms with Crippen molar-refractivity contribution < 1.29 is 23.0 Å². The summed E-state index contributed by atoms with van der Waals surface area (Å²) >= 11 is 0. The van der Waals surface area contributed by atoms with Gasteiger partial charge in [0.15, 0.2) is 11.6 Å². The van der Waals surface area contributed by atoms with Crippen molar-refractivity contribution >= 4 is 5.91 Å². The molecule has 1 saturated heterocycles. The van der Waals surface area contributed by atoms with Gasteiger partial charge in [-0.25, -0.2) is 8.78 Å². The molecule has 5 nitrogen and oxygen atoms in total. The largest absolute Gasteiger partial charge is 0.496 e. The summed E-state index contributed by atoms with van der Waals surface area (Å²) in [6.07, 6.45) is 1.77. The van der Waals surface area contributed by atoms with Crippen LogP contribution in [-0.4, -0.2) is 25.6 Å². The Bertz CT molecular complexity index is 791. The van der Waals surface area contributed by atoms with Crippen molar-refractivity contribution in [2.24, 2.45) is 0 Å². The van der Waals surface area contributed by atoms with Crippen LogP contribution in [0.2, 0.25) is 0 Å². The molecule has 27 heavy (non-hydrogen) atoms. The predicted octanol–water partition coefficient (Wildman–Crippen LogP) is 2.92. The maximum Gasteiger partial charge on any atom is 0.237 e. The van der Waals surface area contributed by atoms with Crippen LogP contribution in [0.1, 0.15) is 24.0 Å². The van der Waals surface area contributed by atoms with E-state index in [0.717, 1.165) is 24.9 Å². The Morgan fingerprint density at radius 3 is 2.67 bits per heavy atom. The molecule has 1 unspecified atom stereocenters. The number of methoxy groups -OCH3 is 1. The van der Waals surface area contributed by atoms with Gasteiger partial charge in [0.1, 0.15) is 18.2 Å². The molecule has 1 heterocycles. The summed E-state index contributed by atoms with van der Waals surface area (Å²) in [6, 6.07) is 8.34. The molecule has 7 heteroatoms. The molecule has 1 fully saturated rings. The van der Waals surface area contributed by atoms with Crippen molar-refractivity contribution in [1.29, 1.82) is 0 Å². The maximum absolute atomic E-state index is 14.4. The highest BCUT2D eigenvalue weighted by molar-refractivity contribution is 5.82. The summed E-state index contributed by atoms with van der Waals surface area (Å²) in [4.78, 5) is 12.1. The van der Waals surface area contributed by atoms with Crippen LogP contribution >= 0.6 is 0 Å². The molecule has 0 aromatic heterocycles. The molecule has 2 aromatic carbocycles. The van der Waals surface area contributed by atoms with Gasteiger partial charge in [0, 0.05) is 18.2 Å². The molecule has 1 atom stereocenters. The summed E-state index contributed by atoms with van der Waals surface area (Å²) in [5, 5.41) is 5.92. The van der Waals surface area contributed by atoms with Gasteiger partial charge in [-0.1, -0.05) is 12.1 Å². The summed E-state index contributed by atoms with van der Waals surface area (Å²) in [5.74, 6) is -0.549. The summed E-state index contributed by atoms with van der Waals surface area (Å²) < 4.78 is 38.1. The zero-order valence-corrected chi connectivity index (χ0v) is 15.1. The molecule has 0 saturated carbocycles. The van der Waals surface area contributed by atoms with Gasteiger partial charge in [0.05, 0.1) is 13.2 Å². The first kappa shape index (κ1) is 19.1. The van der Waals surface area contributed by atoms with Crippen LogP contribution in [0.15, 0.2) is 36.4 Å². The van der Waals surface area contributed by atoms with Crippen molar-refractivity contribution in [3.05, 3.63) is 59.2 Å². The van der Waals surface area contributed by atoms with Crippen LogP contribution < -0.4 is 20.1 Å². The summed E-state index contributed by atoms with van der Waals surface area (Å²) in [6.45, 7) is 1.09. The van der Waals surface area contributed by atoms with Crippen molar-refractivity contribution in [2.75, 3.05) is 13.7 Å². The van der Waals surface area contributed by atoms with Gasteiger partial charge in [-0.2, -0.15) is 0 Å². The van der Waals surface area contributed by atoms with Gasteiger partial charge in [0.2, 0.25) is 5.91 Å². The molecule has 1 aliphatic heterocycles. The molecule has 1 amide bonds. The van der Waals surface area contributed by atoms with E-state index in [1.807, 2.05) is 0 Å². The lowest BCUT2D eigenvalue weighted by Crippen LogP contribution is -2.40. The van der Waals surface area contributed by atoms with Gasteiger partial charge in [-0.15, -0.1) is 0 Å². The second-order valence-corrected chi connectivity index (χ2v) is 6.38. The number of nitrogens with one attached hydrogen (secondary N) is 2. The van der Waals surface area contributed by atoms with Crippen LogP contribution in [0.4, 0.5) is 8.78 Å². The highest BCUT2D eigenvalue weighted by atomic mass is 19.1. The van der Waals surface area contributed by atoms with E-state index in [9.17, 15) is 13.6 Å². The number of rotatable bonds is 7. The Morgan fingerprint density at radius 2 is 2.00 bits per heavy atom. The Morgan fingerprint density at radius 1 is 1.22 bits per heavy atom. The molecule has 0 aliphatic carbocycles. The number of halogens is 2. The smallest absolute Gasteiger partial charge is 0.237 e. The molecule has 2 aromatic rings. The van der Waals surface area contributed by atoms with E-state index in [4.69, 9.17) is 9.47 Å². The number of hydrogen-bond acceptors (Lipinski definition) is 4. The third-order valence-electron chi connectivity index (χ3n) is 4.47. The first-order valence-corrected chi connectivity index (χ1v) is 8.81. The van der Waals surface area contributed by atoms with Gasteiger partial charge in [-0.3, -0.25) is 4.79 Å². The Labute approximate surface area is 156 Å². The predicted molar refractivity (Wildman–Crippen MR) is 96.6 cm³/mol. The van der Waals surface area contributed by atoms with Crippen LogP contribution in [0.3, 0.4) is 0 Å². The molecule has 1 aliphatic rings. The third kappa shape index (κ3) is 4.95. The molecular weight excluding hydrogens is 354 g/mol. The van der Waals surface area contributed by atoms with Crippen molar-refractivity contribution in [3.63, 3.8) is 0 Å². The molecule has 0 bridgehead atoms. The monoisotopic (exact) mass is 376 g/mol. The van der Waals surface area contributed by atoms with Crippen LogP contribution in [-0.2, 0) is 17.9 Å². The fraction of sp³-hybridized carbons (Fsp3) is 0.350. The molecule has 0 radical (unpaired) electrons. The highest BCUT2D eigenvalue weighted by Gasteiger charge is 2.22. The Kier molecular flexibility index (Phi) is 6.24. The minimum absolute atomic E-state index is 0.0312. The number of carbonyl (C=O) groups excluding carboxylic acids is 1. The zero-order chi connectivity index (χ0) is 19.2. The number of ether oxygens (including phenoxy) is 2. The lowest BCUT2D eigenvalue weighted by molar-refractivity contribution is -0.122. The topological polar surface area (TPSA) is 59.6 Å². The average Bonchev–Trinajstić information content (AvgIpc) is 3.21. The molecule has 144 valence electrons. The Hall–Kier alpha value is -2.67. The van der Waals surface area contributed by atoms with Gasteiger partial charge < -0.3 is 20.1 Å². The quantitative estimate of drug-likeness (QED) is 0.780. The standard InChI is InChI=1S/C20H22F2N2O3/c1-26-18-10-19(27-12-13-4-6-15(21)7-5-13)16(22)9-14(18)11-24-20(25)17-3-2-8-23-17/h4-7,9-10,17,23H,2-3,8,11-12H2,1H3,(H,24,25). The summed E-state index contributed by atoms with van der Waals surface area (Å²) in [5.41, 5.74) is 1.24. The van der Waals surface area contributed by atoms with Crippen molar-refractivity contribution in [2.45, 2.75) is 32.0 Å². The van der Waals surface area contributed by atoms with Crippen LogP contribution in [0.5, 0.6) is 11.5 Å². The Balaban J connectivity index is 1.64. The molecule has 3 rings (SSSR count). The van der Waals surface area contributed by atoms with Crippen molar-refractivity contribution in [3.8, 4) is 11.5 Å². The second-order valence-electron chi connectivity index (χ2n) is 6.38. The second kappa shape index (κ2) is 8.81. The molecule has 2 N–H and O–H groups in total. The minimum Gasteiger partial charge on any atom is -0.496 e. The number of benzene rings is 2. The number of amides is 1. The van der Waals surface area contributed by atoms with E-state index in [2.05, 4.69) is 10.6 Å². The average molecular weight is 376 g/mol. The normalized spacial score (nSPS) is 16.2. The third-order valence-corrected chi connectivity index (χ3v) is 4.47. The van der Waals surface area contributed by atoms with Crippen LogP contribution in [0, 0.1) is 11.6 Å². The van der Waals surface area contributed by atoms with E-state index < -0.39 is 5.82 Å². The number of carbonyl (C=O) groups is 1. The molecule has 0 spiro atoms.